The summed E-state index contributed by atoms with van der Waals surface area (Å²) in [6.45, 7) is 7.10. The van der Waals surface area contributed by atoms with Crippen LogP contribution in [-0.2, 0) is 9.53 Å². The Balaban J connectivity index is 1.64. The maximum absolute atomic E-state index is 12.8. The van der Waals surface area contributed by atoms with Crippen LogP contribution < -0.4 is 15.5 Å². The van der Waals surface area contributed by atoms with Crippen LogP contribution in [0.15, 0.2) is 24.3 Å². The monoisotopic (exact) mass is 398 g/mol. The van der Waals surface area contributed by atoms with Gasteiger partial charge in [0.2, 0.25) is 5.91 Å². The SMILES string of the molecule is CC(C)CC(NC(=O)c1ccc(N2CCOCC2)cc1)C(=O)NC1(C#N)CCC1. The van der Waals surface area contributed by atoms with Gasteiger partial charge < -0.3 is 20.3 Å². The Hall–Kier alpha value is -2.59. The molecule has 3 rings (SSSR count). The van der Waals surface area contributed by atoms with E-state index in [1.54, 1.807) is 12.1 Å². The molecule has 2 fully saturated rings. The highest BCUT2D eigenvalue weighted by Gasteiger charge is 2.40. The zero-order chi connectivity index (χ0) is 20.9. The van der Waals surface area contributed by atoms with Crippen LogP contribution in [0, 0.1) is 17.2 Å². The average molecular weight is 399 g/mol. The second kappa shape index (κ2) is 9.27. The molecule has 0 radical (unpaired) electrons. The molecule has 1 aliphatic carbocycles. The Kier molecular flexibility index (Phi) is 6.75. The van der Waals surface area contributed by atoms with Crippen LogP contribution in [0.25, 0.3) is 0 Å². The molecule has 1 aromatic rings. The van der Waals surface area contributed by atoms with E-state index in [-0.39, 0.29) is 17.7 Å². The van der Waals surface area contributed by atoms with Gasteiger partial charge in [-0.2, -0.15) is 5.26 Å². The first-order valence-electron chi connectivity index (χ1n) is 10.4. The molecular formula is C22H30N4O3. The van der Waals surface area contributed by atoms with Gasteiger partial charge in [0.25, 0.3) is 5.91 Å². The zero-order valence-corrected chi connectivity index (χ0v) is 17.2. The lowest BCUT2D eigenvalue weighted by Crippen LogP contribution is -2.58. The number of amides is 2. The van der Waals surface area contributed by atoms with Crippen molar-refractivity contribution in [2.24, 2.45) is 5.92 Å². The van der Waals surface area contributed by atoms with Gasteiger partial charge in [0.15, 0.2) is 0 Å². The molecule has 1 unspecified atom stereocenters. The van der Waals surface area contributed by atoms with Gasteiger partial charge in [-0.25, -0.2) is 0 Å². The van der Waals surface area contributed by atoms with Crippen molar-refractivity contribution < 1.29 is 14.3 Å². The number of hydrogen-bond donors (Lipinski definition) is 2. The Morgan fingerprint density at radius 2 is 1.86 bits per heavy atom. The van der Waals surface area contributed by atoms with Crippen LogP contribution in [0.2, 0.25) is 0 Å². The Bertz CT molecular complexity index is 759. The van der Waals surface area contributed by atoms with Crippen LogP contribution >= 0.6 is 0 Å². The van der Waals surface area contributed by atoms with Crippen LogP contribution in [-0.4, -0.2) is 49.7 Å². The third-order valence-electron chi connectivity index (χ3n) is 5.62. The summed E-state index contributed by atoms with van der Waals surface area (Å²) >= 11 is 0. The molecule has 1 aromatic carbocycles. The lowest BCUT2D eigenvalue weighted by atomic mass is 9.78. The van der Waals surface area contributed by atoms with E-state index in [0.717, 1.165) is 25.2 Å². The minimum Gasteiger partial charge on any atom is -0.378 e. The zero-order valence-electron chi connectivity index (χ0n) is 17.2. The summed E-state index contributed by atoms with van der Waals surface area (Å²) in [4.78, 5) is 27.8. The van der Waals surface area contributed by atoms with E-state index < -0.39 is 11.6 Å². The Morgan fingerprint density at radius 3 is 2.38 bits per heavy atom. The van der Waals surface area contributed by atoms with Crippen LogP contribution in [0.4, 0.5) is 5.69 Å². The summed E-state index contributed by atoms with van der Waals surface area (Å²) in [6, 6.07) is 8.98. The molecule has 0 spiro atoms. The van der Waals surface area contributed by atoms with Gasteiger partial charge in [-0.1, -0.05) is 13.8 Å². The molecule has 1 saturated carbocycles. The summed E-state index contributed by atoms with van der Waals surface area (Å²) in [5, 5.41) is 15.1. The summed E-state index contributed by atoms with van der Waals surface area (Å²) < 4.78 is 5.37. The number of nitrogens with zero attached hydrogens (tertiary/aromatic N) is 2. The average Bonchev–Trinajstić information content (AvgIpc) is 2.70. The normalized spacial score (nSPS) is 19.0. The molecule has 7 heteroatoms. The number of morpholine rings is 1. The fourth-order valence-corrected chi connectivity index (χ4v) is 3.71. The molecule has 2 amide bonds. The molecule has 1 saturated heterocycles. The fourth-order valence-electron chi connectivity index (χ4n) is 3.71. The fraction of sp³-hybridized carbons (Fsp3) is 0.591. The van der Waals surface area contributed by atoms with E-state index in [1.807, 2.05) is 26.0 Å². The van der Waals surface area contributed by atoms with Crippen molar-refractivity contribution in [3.8, 4) is 6.07 Å². The van der Waals surface area contributed by atoms with Crippen molar-refractivity contribution in [3.05, 3.63) is 29.8 Å². The number of nitrogens with one attached hydrogen (secondary N) is 2. The molecule has 0 bridgehead atoms. The molecule has 1 heterocycles. The van der Waals surface area contributed by atoms with Crippen LogP contribution in [0.5, 0.6) is 0 Å². The van der Waals surface area contributed by atoms with Crippen LogP contribution in [0.1, 0.15) is 49.9 Å². The van der Waals surface area contributed by atoms with Crippen molar-refractivity contribution in [1.82, 2.24) is 10.6 Å². The summed E-state index contributed by atoms with van der Waals surface area (Å²) in [5.41, 5.74) is 0.807. The molecule has 1 atom stereocenters. The van der Waals surface area contributed by atoms with Gasteiger partial charge in [0.05, 0.1) is 19.3 Å². The van der Waals surface area contributed by atoms with Crippen molar-refractivity contribution in [2.45, 2.75) is 51.1 Å². The van der Waals surface area contributed by atoms with E-state index in [2.05, 4.69) is 21.6 Å². The van der Waals surface area contributed by atoms with Gasteiger partial charge in [-0.05, 0) is 55.9 Å². The first-order valence-corrected chi connectivity index (χ1v) is 10.4. The molecule has 0 aromatic heterocycles. The Labute approximate surface area is 172 Å². The highest BCUT2D eigenvalue weighted by Crippen LogP contribution is 2.31. The summed E-state index contributed by atoms with van der Waals surface area (Å²) in [5.74, 6) is -0.327. The first kappa shape index (κ1) is 21.1. The quantitative estimate of drug-likeness (QED) is 0.734. The molecular weight excluding hydrogens is 368 g/mol. The molecule has 156 valence electrons. The molecule has 7 nitrogen and oxygen atoms in total. The van der Waals surface area contributed by atoms with Gasteiger partial charge in [0, 0.05) is 24.3 Å². The van der Waals surface area contributed by atoms with Gasteiger partial charge in [-0.3, -0.25) is 9.59 Å². The smallest absolute Gasteiger partial charge is 0.251 e. The minimum atomic E-state index is -0.767. The first-order chi connectivity index (χ1) is 13.9. The number of ether oxygens (including phenoxy) is 1. The minimum absolute atomic E-state index is 0.231. The number of rotatable bonds is 7. The molecule has 2 aliphatic rings. The lowest BCUT2D eigenvalue weighted by Gasteiger charge is -2.37. The van der Waals surface area contributed by atoms with E-state index in [4.69, 9.17) is 4.74 Å². The highest BCUT2D eigenvalue weighted by atomic mass is 16.5. The molecule has 2 N–H and O–H groups in total. The van der Waals surface area contributed by atoms with Gasteiger partial charge >= 0.3 is 0 Å². The molecule has 1 aliphatic heterocycles. The lowest BCUT2D eigenvalue weighted by molar-refractivity contribution is -0.125. The van der Waals surface area contributed by atoms with Crippen molar-refractivity contribution in [2.75, 3.05) is 31.2 Å². The van der Waals surface area contributed by atoms with E-state index in [9.17, 15) is 14.9 Å². The third kappa shape index (κ3) is 5.27. The highest BCUT2D eigenvalue weighted by molar-refractivity contribution is 5.98. The summed E-state index contributed by atoms with van der Waals surface area (Å²) in [6.07, 6.45) is 2.79. The van der Waals surface area contributed by atoms with E-state index in [1.165, 1.54) is 0 Å². The number of nitriles is 1. The second-order valence-electron chi connectivity index (χ2n) is 8.34. The van der Waals surface area contributed by atoms with Crippen molar-refractivity contribution in [3.63, 3.8) is 0 Å². The van der Waals surface area contributed by atoms with Gasteiger partial charge in [0.1, 0.15) is 11.6 Å². The predicted molar refractivity (Wildman–Crippen MR) is 111 cm³/mol. The number of anilines is 1. The predicted octanol–water partition coefficient (Wildman–Crippen LogP) is 2.23. The number of hydrogen-bond acceptors (Lipinski definition) is 5. The maximum atomic E-state index is 12.8. The molecule has 29 heavy (non-hydrogen) atoms. The summed E-state index contributed by atoms with van der Waals surface area (Å²) in [7, 11) is 0. The van der Waals surface area contributed by atoms with Crippen molar-refractivity contribution >= 4 is 17.5 Å². The number of carbonyl (C=O) groups excluding carboxylic acids is 2. The number of benzene rings is 1. The van der Waals surface area contributed by atoms with E-state index in [0.29, 0.717) is 38.0 Å². The number of carbonyl (C=O) groups is 2. The largest absolute Gasteiger partial charge is 0.378 e. The third-order valence-corrected chi connectivity index (χ3v) is 5.62. The van der Waals surface area contributed by atoms with Crippen LogP contribution in [0.3, 0.4) is 0 Å². The van der Waals surface area contributed by atoms with Gasteiger partial charge in [-0.15, -0.1) is 0 Å². The maximum Gasteiger partial charge on any atom is 0.251 e. The van der Waals surface area contributed by atoms with E-state index >= 15 is 0 Å². The second-order valence-corrected chi connectivity index (χ2v) is 8.34. The topological polar surface area (TPSA) is 94.5 Å². The Morgan fingerprint density at radius 1 is 1.21 bits per heavy atom. The van der Waals surface area contributed by atoms with Crippen molar-refractivity contribution in [1.29, 1.82) is 5.26 Å². The standard InChI is InChI=1S/C22H30N4O3/c1-16(2)14-19(21(28)25-22(15-23)8-3-9-22)24-20(27)17-4-6-18(7-5-17)26-10-12-29-13-11-26/h4-7,16,19H,3,8-14H2,1-2H3,(H,24,27)(H,25,28).